The van der Waals surface area contributed by atoms with Crippen LogP contribution in [-0.4, -0.2) is 54.4 Å². The Balaban J connectivity index is 1.10. The van der Waals surface area contributed by atoms with Crippen LogP contribution in [0.5, 0.6) is 0 Å². The van der Waals surface area contributed by atoms with Gasteiger partial charge >= 0.3 is 0 Å². The second-order valence-corrected chi connectivity index (χ2v) is 10.4. The molecule has 1 saturated carbocycles. The van der Waals surface area contributed by atoms with Crippen LogP contribution in [0, 0.1) is 23.2 Å². The van der Waals surface area contributed by atoms with Crippen LogP contribution in [0.3, 0.4) is 0 Å². The van der Waals surface area contributed by atoms with E-state index in [1.165, 1.54) is 0 Å². The van der Waals surface area contributed by atoms with Crippen LogP contribution in [0.25, 0.3) is 27.9 Å². The lowest BCUT2D eigenvalue weighted by Gasteiger charge is -2.21. The van der Waals surface area contributed by atoms with Crippen LogP contribution in [0.1, 0.15) is 16.1 Å². The van der Waals surface area contributed by atoms with Crippen LogP contribution in [0.15, 0.2) is 67.4 Å². The highest BCUT2D eigenvalue weighted by atomic mass is 35.5. The number of halogens is 1. The van der Waals surface area contributed by atoms with Gasteiger partial charge in [0.2, 0.25) is 0 Å². The summed E-state index contributed by atoms with van der Waals surface area (Å²) in [6, 6.07) is 13.8. The van der Waals surface area contributed by atoms with Crippen molar-refractivity contribution in [3.8, 4) is 28.5 Å². The fraction of sp³-hybridized carbons (Fsp3) is 0.214. The largest absolute Gasteiger partial charge is 0.356 e. The normalized spacial score (nSPS) is 19.6. The third kappa shape index (κ3) is 3.99. The maximum Gasteiger partial charge on any atom is 0.271 e. The van der Waals surface area contributed by atoms with Gasteiger partial charge in [0, 0.05) is 79.5 Å². The minimum Gasteiger partial charge on any atom is -0.356 e. The minimum atomic E-state index is -0.232. The third-order valence-corrected chi connectivity index (χ3v) is 7.89. The summed E-state index contributed by atoms with van der Waals surface area (Å²) in [6.45, 7) is 1.64. The summed E-state index contributed by atoms with van der Waals surface area (Å²) >= 11 is 6.12. The molecule has 0 radical (unpaired) electrons. The van der Waals surface area contributed by atoms with E-state index < -0.39 is 0 Å². The Kier molecular flexibility index (Phi) is 5.35. The zero-order valence-electron chi connectivity index (χ0n) is 20.9. The molecule has 6 heterocycles. The molecule has 5 aromatic heterocycles. The molecule has 0 spiro atoms. The van der Waals surface area contributed by atoms with Crippen molar-refractivity contribution in [3.63, 3.8) is 0 Å². The van der Waals surface area contributed by atoms with Crippen molar-refractivity contribution in [1.29, 1.82) is 5.26 Å². The van der Waals surface area contributed by atoms with Gasteiger partial charge in [-0.2, -0.15) is 15.5 Å². The molecule has 1 amide bonds. The van der Waals surface area contributed by atoms with Crippen molar-refractivity contribution < 1.29 is 4.79 Å². The molecule has 0 aromatic carbocycles. The zero-order valence-corrected chi connectivity index (χ0v) is 21.6. The van der Waals surface area contributed by atoms with Gasteiger partial charge < -0.3 is 10.2 Å². The van der Waals surface area contributed by atoms with Crippen LogP contribution in [0.2, 0.25) is 5.02 Å². The lowest BCUT2D eigenvalue weighted by molar-refractivity contribution is 0.0942. The van der Waals surface area contributed by atoms with Crippen LogP contribution in [-0.2, 0) is 7.05 Å². The van der Waals surface area contributed by atoms with Crippen molar-refractivity contribution in [2.45, 2.75) is 6.04 Å². The number of hydrogen-bond acceptors (Lipinski definition) is 7. The second-order valence-electron chi connectivity index (χ2n) is 9.95. The summed E-state index contributed by atoms with van der Waals surface area (Å²) in [6.07, 6.45) is 8.77. The topological polar surface area (TPSA) is 117 Å². The molecule has 192 valence electrons. The third-order valence-electron chi connectivity index (χ3n) is 7.59. The number of rotatable bonds is 5. The molecule has 2 aliphatic rings. The fourth-order valence-corrected chi connectivity index (χ4v) is 5.77. The molecule has 0 bridgehead atoms. The number of nitrogens with zero attached hydrogens (tertiary/aromatic N) is 8. The number of nitriles is 1. The number of carbonyl (C=O) groups excluding carboxylic acids is 1. The van der Waals surface area contributed by atoms with E-state index in [1.54, 1.807) is 33.7 Å². The summed E-state index contributed by atoms with van der Waals surface area (Å²) in [5, 5.41) is 22.0. The average Bonchev–Trinajstić information content (AvgIpc) is 3.40. The quantitative estimate of drug-likeness (QED) is 0.365. The number of amides is 1. The second kappa shape index (κ2) is 8.92. The van der Waals surface area contributed by atoms with Gasteiger partial charge in [-0.3, -0.25) is 9.48 Å². The lowest BCUT2D eigenvalue weighted by Crippen LogP contribution is -2.35. The van der Waals surface area contributed by atoms with Crippen LogP contribution >= 0.6 is 11.6 Å². The monoisotopic (exact) mass is 535 g/mol. The molecule has 3 atom stereocenters. The first kappa shape index (κ1) is 23.4. The number of carbonyl (C=O) groups is 1. The Morgan fingerprint density at radius 1 is 1.13 bits per heavy atom. The SMILES string of the molecule is Cn1ccc(-c2cc(-c3ccc(N4C[C@@H]5[C@H](C4)[C@H]5NC(=O)c4ncccc4Cl)nc3)c3c(C#N)cnn3c2)n1. The predicted molar refractivity (Wildman–Crippen MR) is 145 cm³/mol. The van der Waals surface area contributed by atoms with E-state index in [0.29, 0.717) is 22.4 Å². The van der Waals surface area contributed by atoms with Gasteiger partial charge in [-0.25, -0.2) is 14.5 Å². The predicted octanol–water partition coefficient (Wildman–Crippen LogP) is 3.58. The summed E-state index contributed by atoms with van der Waals surface area (Å²) in [4.78, 5) is 23.7. The standard InChI is InChI=1S/C28H22ClN9O/c1-36-8-6-23(35-36)17-9-19(27-18(10-30)12-33-38(27)13-17)16-4-5-24(32-11-16)37-14-20-21(15-37)25(20)34-28(39)26-22(29)3-2-7-31-26/h2-9,11-13,20-21,25H,14-15H2,1H3,(H,34,39)/t20-,21+,25+. The Morgan fingerprint density at radius 3 is 2.67 bits per heavy atom. The Labute approximate surface area is 228 Å². The van der Waals surface area contributed by atoms with E-state index in [9.17, 15) is 10.1 Å². The highest BCUT2D eigenvalue weighted by Gasteiger charge is 2.56. The number of fused-ring (bicyclic) bond motifs is 2. The number of aryl methyl sites for hydroxylation is 1. The van der Waals surface area contributed by atoms with Crippen molar-refractivity contribution in [3.05, 3.63) is 83.7 Å². The summed E-state index contributed by atoms with van der Waals surface area (Å²) in [5.74, 6) is 1.40. The van der Waals surface area contributed by atoms with Crippen LogP contribution < -0.4 is 10.2 Å². The average molecular weight is 536 g/mol. The number of aromatic nitrogens is 6. The molecule has 1 saturated heterocycles. The highest BCUT2D eigenvalue weighted by Crippen LogP contribution is 2.46. The molecule has 5 aromatic rings. The highest BCUT2D eigenvalue weighted by molar-refractivity contribution is 6.33. The van der Waals surface area contributed by atoms with Crippen molar-refractivity contribution >= 4 is 28.8 Å². The fourth-order valence-electron chi connectivity index (χ4n) is 5.56. The number of pyridine rings is 3. The molecule has 7 rings (SSSR count). The van der Waals surface area contributed by atoms with Gasteiger partial charge in [-0.15, -0.1) is 0 Å². The molecule has 0 unspecified atom stereocenters. The first-order valence-electron chi connectivity index (χ1n) is 12.5. The zero-order chi connectivity index (χ0) is 26.7. The first-order chi connectivity index (χ1) is 19.0. The van der Waals surface area contributed by atoms with E-state index in [1.807, 2.05) is 49.9 Å². The number of nitrogens with one attached hydrogen (secondary N) is 1. The van der Waals surface area contributed by atoms with Gasteiger partial charge in [-0.1, -0.05) is 11.6 Å². The molecule has 1 aliphatic carbocycles. The number of anilines is 1. The van der Waals surface area contributed by atoms with Crippen LogP contribution in [0.4, 0.5) is 5.82 Å². The molecule has 11 heteroatoms. The van der Waals surface area contributed by atoms with E-state index in [4.69, 9.17) is 16.6 Å². The van der Waals surface area contributed by atoms with Gasteiger partial charge in [0.15, 0.2) is 0 Å². The van der Waals surface area contributed by atoms with E-state index in [2.05, 4.69) is 31.5 Å². The van der Waals surface area contributed by atoms with Gasteiger partial charge in [0.05, 0.1) is 28.0 Å². The Bertz CT molecular complexity index is 1770. The molecule has 10 nitrogen and oxygen atoms in total. The van der Waals surface area contributed by atoms with Gasteiger partial charge in [-0.05, 0) is 36.4 Å². The summed E-state index contributed by atoms with van der Waals surface area (Å²) in [7, 11) is 1.88. The van der Waals surface area contributed by atoms with E-state index in [-0.39, 0.29) is 17.6 Å². The number of piperidine rings is 1. The van der Waals surface area contributed by atoms with Crippen molar-refractivity contribution in [2.75, 3.05) is 18.0 Å². The molecule has 1 N–H and O–H groups in total. The molecule has 1 aliphatic heterocycles. The maximum absolute atomic E-state index is 12.6. The first-order valence-corrected chi connectivity index (χ1v) is 12.9. The Morgan fingerprint density at radius 2 is 1.97 bits per heavy atom. The summed E-state index contributed by atoms with van der Waals surface area (Å²) < 4.78 is 3.48. The number of hydrogen-bond donors (Lipinski definition) is 1. The Hall–Kier alpha value is -4.75. The van der Waals surface area contributed by atoms with Crippen molar-refractivity contribution in [1.82, 2.24) is 34.7 Å². The van der Waals surface area contributed by atoms with E-state index >= 15 is 0 Å². The smallest absolute Gasteiger partial charge is 0.271 e. The molecule has 39 heavy (non-hydrogen) atoms. The molecular weight excluding hydrogens is 514 g/mol. The van der Waals surface area contributed by atoms with Gasteiger partial charge in [0.25, 0.3) is 5.91 Å². The van der Waals surface area contributed by atoms with Crippen molar-refractivity contribution in [2.24, 2.45) is 18.9 Å². The lowest BCUT2D eigenvalue weighted by atomic mass is 10.0. The minimum absolute atomic E-state index is 0.125. The van der Waals surface area contributed by atoms with Gasteiger partial charge in [0.1, 0.15) is 17.6 Å². The molecular formula is C28H22ClN9O. The maximum atomic E-state index is 12.6. The molecule has 2 fully saturated rings. The van der Waals surface area contributed by atoms with E-state index in [0.717, 1.165) is 46.8 Å². The summed E-state index contributed by atoms with van der Waals surface area (Å²) in [5.41, 5.74) is 4.98.